The smallest absolute Gasteiger partial charge is 0.135 e. The van der Waals surface area contributed by atoms with Crippen LogP contribution < -0.4 is 20.7 Å². The first-order valence-corrected chi connectivity index (χ1v) is 11.3. The molecule has 4 aromatic carbocycles. The van der Waals surface area contributed by atoms with Gasteiger partial charge in [-0.2, -0.15) is 0 Å². The van der Waals surface area contributed by atoms with Crippen molar-refractivity contribution in [2.75, 3.05) is 0 Å². The molecule has 0 aliphatic carbocycles. The predicted octanol–water partition coefficient (Wildman–Crippen LogP) is 5.51. The van der Waals surface area contributed by atoms with Crippen molar-refractivity contribution in [2.45, 2.75) is 6.92 Å². The van der Waals surface area contributed by atoms with E-state index in [-0.39, 0.29) is 0 Å². The molecule has 0 saturated carbocycles. The summed E-state index contributed by atoms with van der Waals surface area (Å²) in [6, 6.07) is 37.6. The van der Waals surface area contributed by atoms with E-state index >= 15 is 0 Å². The second-order valence-corrected chi connectivity index (χ2v) is 10.00. The first-order chi connectivity index (χ1) is 13.7. The van der Waals surface area contributed by atoms with Gasteiger partial charge in [-0.05, 0) is 42.6 Å². The second kappa shape index (κ2) is 7.92. The standard InChI is InChI=1S/C26H23OP/c1-21-17-19-22(20-18-21)27-25-15-9-10-16-26(25)28(2,23-11-5-3-6-12-23)24-13-7-4-8-14-24/h3-20H,2H2,1H3. The van der Waals surface area contributed by atoms with E-state index < -0.39 is 6.89 Å². The topological polar surface area (TPSA) is 9.23 Å². The molecular weight excluding hydrogens is 359 g/mol. The lowest BCUT2D eigenvalue weighted by Crippen LogP contribution is -2.26. The average Bonchev–Trinajstić information content (AvgIpc) is 2.76. The fourth-order valence-corrected chi connectivity index (χ4v) is 6.44. The number of hydrogen-bond acceptors (Lipinski definition) is 1. The highest BCUT2D eigenvalue weighted by molar-refractivity contribution is 7.93. The summed E-state index contributed by atoms with van der Waals surface area (Å²) in [5.41, 5.74) is 1.22. The molecule has 0 amide bonds. The lowest BCUT2D eigenvalue weighted by atomic mass is 10.2. The molecule has 1 nitrogen and oxygen atoms in total. The van der Waals surface area contributed by atoms with Crippen LogP contribution in [0.5, 0.6) is 11.5 Å². The van der Waals surface area contributed by atoms with Gasteiger partial charge in [0.2, 0.25) is 0 Å². The molecule has 138 valence electrons. The molecule has 0 unspecified atom stereocenters. The van der Waals surface area contributed by atoms with Crippen molar-refractivity contribution in [1.82, 2.24) is 0 Å². The van der Waals surface area contributed by atoms with Gasteiger partial charge in [-0.1, -0.05) is 103 Å². The lowest BCUT2D eigenvalue weighted by Gasteiger charge is -2.28. The van der Waals surface area contributed by atoms with E-state index in [1.54, 1.807) is 0 Å². The van der Waals surface area contributed by atoms with Gasteiger partial charge in [0.25, 0.3) is 0 Å². The Balaban J connectivity index is 1.89. The molecule has 0 atom stereocenters. The van der Waals surface area contributed by atoms with E-state index in [4.69, 9.17) is 11.0 Å². The molecule has 4 aromatic rings. The summed E-state index contributed by atoms with van der Waals surface area (Å²) in [6.45, 7) is -0.00713. The predicted molar refractivity (Wildman–Crippen MR) is 124 cm³/mol. The minimum Gasteiger partial charge on any atom is -0.457 e. The maximum absolute atomic E-state index is 6.34. The molecule has 0 aliphatic heterocycles. The number of aryl methyl sites for hydroxylation is 1. The lowest BCUT2D eigenvalue weighted by molar-refractivity contribution is 0.486. The fraction of sp³-hybridized carbons (Fsp3) is 0.0385. The van der Waals surface area contributed by atoms with Crippen LogP contribution in [-0.2, 0) is 0 Å². The largest absolute Gasteiger partial charge is 0.457 e. The third kappa shape index (κ3) is 3.54. The highest BCUT2D eigenvalue weighted by Crippen LogP contribution is 2.45. The quantitative estimate of drug-likeness (QED) is 0.413. The Kier molecular flexibility index (Phi) is 5.19. The summed E-state index contributed by atoms with van der Waals surface area (Å²) >= 11 is 0. The molecule has 0 N–H and O–H groups in total. The van der Waals surface area contributed by atoms with Crippen LogP contribution in [-0.4, -0.2) is 6.30 Å². The van der Waals surface area contributed by atoms with E-state index in [2.05, 4.69) is 79.7 Å². The van der Waals surface area contributed by atoms with Crippen molar-refractivity contribution in [3.8, 4) is 11.5 Å². The summed E-state index contributed by atoms with van der Waals surface area (Å²) < 4.78 is 6.34. The molecule has 2 heteroatoms. The van der Waals surface area contributed by atoms with Crippen molar-refractivity contribution in [1.29, 1.82) is 0 Å². The van der Waals surface area contributed by atoms with E-state index in [1.807, 2.05) is 36.4 Å². The van der Waals surface area contributed by atoms with Crippen LogP contribution in [0.4, 0.5) is 0 Å². The van der Waals surface area contributed by atoms with E-state index in [9.17, 15) is 0 Å². The van der Waals surface area contributed by atoms with Gasteiger partial charge >= 0.3 is 0 Å². The minimum absolute atomic E-state index is 0.839. The van der Waals surface area contributed by atoms with Gasteiger partial charge in [0.05, 0.1) is 0 Å². The second-order valence-electron chi connectivity index (χ2n) is 6.86. The van der Waals surface area contributed by atoms with Gasteiger partial charge in [-0.25, -0.2) is 0 Å². The molecule has 0 aromatic heterocycles. The number of hydrogen-bond donors (Lipinski definition) is 0. The number of para-hydroxylation sites is 1. The number of benzene rings is 4. The number of ether oxygens (including phenoxy) is 1. The average molecular weight is 382 g/mol. The molecule has 0 aliphatic rings. The van der Waals surface area contributed by atoms with Gasteiger partial charge in [0.1, 0.15) is 11.5 Å². The Labute approximate surface area is 167 Å². The van der Waals surface area contributed by atoms with Crippen molar-refractivity contribution in [3.63, 3.8) is 0 Å². The zero-order chi connectivity index (χ0) is 19.4. The SMILES string of the molecule is C=P(c1ccccc1)(c1ccccc1)c1ccccc1Oc1ccc(C)cc1. The first kappa shape index (κ1) is 18.3. The Morgan fingerprint density at radius 2 is 1.11 bits per heavy atom. The van der Waals surface area contributed by atoms with Crippen molar-refractivity contribution < 1.29 is 4.74 Å². The molecule has 4 rings (SSSR count). The monoisotopic (exact) mass is 382 g/mol. The molecule has 0 spiro atoms. The molecule has 0 saturated heterocycles. The van der Waals surface area contributed by atoms with Crippen LogP contribution in [0, 0.1) is 6.92 Å². The zero-order valence-corrected chi connectivity index (χ0v) is 16.8. The Hall–Kier alpha value is -3.02. The Bertz CT molecular complexity index is 1060. The normalized spacial score (nSPS) is 11.2. The van der Waals surface area contributed by atoms with E-state index in [1.165, 1.54) is 16.2 Å². The molecule has 0 heterocycles. The maximum atomic E-state index is 6.34. The Morgan fingerprint density at radius 3 is 1.68 bits per heavy atom. The van der Waals surface area contributed by atoms with Crippen LogP contribution in [0.15, 0.2) is 109 Å². The molecular formula is C26H23OP. The molecule has 28 heavy (non-hydrogen) atoms. The van der Waals surface area contributed by atoms with Crippen LogP contribution in [0.3, 0.4) is 0 Å². The van der Waals surface area contributed by atoms with Gasteiger partial charge in [-0.15, -0.1) is 0 Å². The summed E-state index contributed by atoms with van der Waals surface area (Å²) in [7, 11) is 0. The molecule has 0 radical (unpaired) electrons. The van der Waals surface area contributed by atoms with Gasteiger partial charge < -0.3 is 4.74 Å². The summed E-state index contributed by atoms with van der Waals surface area (Å²) in [5.74, 6) is 1.70. The van der Waals surface area contributed by atoms with E-state index in [0.29, 0.717) is 0 Å². The minimum atomic E-state index is -2.09. The van der Waals surface area contributed by atoms with Crippen LogP contribution in [0.25, 0.3) is 0 Å². The van der Waals surface area contributed by atoms with Crippen LogP contribution >= 0.6 is 6.89 Å². The first-order valence-electron chi connectivity index (χ1n) is 9.37. The third-order valence-electron chi connectivity index (χ3n) is 4.92. The third-order valence-corrected chi connectivity index (χ3v) is 8.47. The van der Waals surface area contributed by atoms with Crippen LogP contribution in [0.1, 0.15) is 5.56 Å². The zero-order valence-electron chi connectivity index (χ0n) is 16.0. The van der Waals surface area contributed by atoms with Crippen molar-refractivity contribution in [2.24, 2.45) is 0 Å². The van der Waals surface area contributed by atoms with Gasteiger partial charge in [-0.3, -0.25) is 0 Å². The van der Waals surface area contributed by atoms with Crippen molar-refractivity contribution >= 4 is 29.1 Å². The molecule has 0 bridgehead atoms. The summed E-state index contributed by atoms with van der Waals surface area (Å²) in [6.07, 6.45) is 4.83. The molecule has 0 fully saturated rings. The highest BCUT2D eigenvalue weighted by atomic mass is 31.2. The summed E-state index contributed by atoms with van der Waals surface area (Å²) in [5, 5.41) is 3.62. The fourth-order valence-electron chi connectivity index (χ4n) is 3.38. The highest BCUT2D eigenvalue weighted by Gasteiger charge is 2.25. The number of rotatable bonds is 5. The van der Waals surface area contributed by atoms with Gasteiger partial charge in [0.15, 0.2) is 0 Å². The van der Waals surface area contributed by atoms with E-state index in [0.717, 1.165) is 16.8 Å². The van der Waals surface area contributed by atoms with Gasteiger partial charge in [0, 0.05) is 5.30 Å². The Morgan fingerprint density at radius 1 is 0.607 bits per heavy atom. The van der Waals surface area contributed by atoms with Crippen LogP contribution in [0.2, 0.25) is 0 Å². The maximum Gasteiger partial charge on any atom is 0.135 e. The summed E-state index contributed by atoms with van der Waals surface area (Å²) in [4.78, 5) is 0. The van der Waals surface area contributed by atoms with Crippen molar-refractivity contribution in [3.05, 3.63) is 115 Å².